The van der Waals surface area contributed by atoms with Crippen molar-refractivity contribution in [1.82, 2.24) is 35.1 Å². The van der Waals surface area contributed by atoms with Gasteiger partial charge in [0.05, 0.1) is 47.2 Å². The molecule has 3 amide bonds. The number of aromatic amines is 2. The molecule has 286 valence electrons. The Balaban J connectivity index is 0.904. The number of nitrogens with zero attached hydrogens (tertiary/aromatic N) is 4. The summed E-state index contributed by atoms with van der Waals surface area (Å²) in [5.74, 6) is 1.36. The highest BCUT2D eigenvalue weighted by atomic mass is 16.5. The predicted octanol–water partition coefficient (Wildman–Crippen LogP) is 8.01. The van der Waals surface area contributed by atoms with Gasteiger partial charge in [-0.15, -0.1) is 0 Å². The molecule has 4 atom stereocenters. The maximum Gasteiger partial charge on any atom is 0.407 e. The molecule has 2 fully saturated rings. The second-order valence-corrected chi connectivity index (χ2v) is 14.8. The zero-order valence-electron chi connectivity index (χ0n) is 31.8. The van der Waals surface area contributed by atoms with Crippen molar-refractivity contribution in [2.75, 3.05) is 20.2 Å². The molecule has 4 heterocycles. The van der Waals surface area contributed by atoms with Gasteiger partial charge in [0.25, 0.3) is 5.91 Å². The average molecular weight is 750 g/mol. The van der Waals surface area contributed by atoms with Crippen LogP contribution in [0, 0.1) is 0 Å². The van der Waals surface area contributed by atoms with E-state index in [1.54, 1.807) is 0 Å². The number of rotatable bonds is 11. The summed E-state index contributed by atoms with van der Waals surface area (Å²) in [7, 11) is 1.29. The van der Waals surface area contributed by atoms with E-state index in [0.29, 0.717) is 12.1 Å². The summed E-state index contributed by atoms with van der Waals surface area (Å²) in [6.45, 7) is 3.31. The zero-order valence-corrected chi connectivity index (χ0v) is 31.8. The predicted molar refractivity (Wildman–Crippen MR) is 216 cm³/mol. The highest BCUT2D eigenvalue weighted by molar-refractivity contribution is 5.88. The first kappa shape index (κ1) is 36.7. The van der Waals surface area contributed by atoms with E-state index in [4.69, 9.17) is 14.7 Å². The van der Waals surface area contributed by atoms with Gasteiger partial charge in [-0.05, 0) is 92.0 Å². The van der Waals surface area contributed by atoms with Crippen LogP contribution in [0.4, 0.5) is 4.79 Å². The third-order valence-electron chi connectivity index (χ3n) is 11.2. The molecule has 0 bridgehead atoms. The fourth-order valence-electron chi connectivity index (χ4n) is 8.19. The van der Waals surface area contributed by atoms with Gasteiger partial charge in [-0.1, -0.05) is 84.9 Å². The first-order chi connectivity index (χ1) is 27.4. The van der Waals surface area contributed by atoms with Crippen molar-refractivity contribution in [2.24, 2.45) is 0 Å². The lowest BCUT2D eigenvalue weighted by atomic mass is 9.99. The van der Waals surface area contributed by atoms with Crippen LogP contribution in [0.5, 0.6) is 0 Å². The number of likely N-dealkylation sites (tertiary alicyclic amines) is 2. The molecule has 0 saturated carbocycles. The highest BCUT2D eigenvalue weighted by Crippen LogP contribution is 2.36. The van der Waals surface area contributed by atoms with Gasteiger partial charge < -0.3 is 29.8 Å². The second kappa shape index (κ2) is 16.2. The number of nitrogens with one attached hydrogen (secondary N) is 3. The molecule has 2 saturated heterocycles. The summed E-state index contributed by atoms with van der Waals surface area (Å²) >= 11 is 0. The van der Waals surface area contributed by atoms with Crippen LogP contribution in [0.25, 0.3) is 22.1 Å². The summed E-state index contributed by atoms with van der Waals surface area (Å²) in [5, 5.41) is 2.73. The number of hydrogen-bond acceptors (Lipinski definition) is 6. The lowest BCUT2D eigenvalue weighted by Crippen LogP contribution is -2.42. The van der Waals surface area contributed by atoms with Crippen molar-refractivity contribution < 1.29 is 19.1 Å². The van der Waals surface area contributed by atoms with Gasteiger partial charge in [-0.2, -0.15) is 0 Å². The Bertz CT molecular complexity index is 2370. The van der Waals surface area contributed by atoms with Crippen LogP contribution in [0.15, 0.2) is 109 Å². The molecular weight excluding hydrogens is 703 g/mol. The van der Waals surface area contributed by atoms with E-state index in [9.17, 15) is 14.4 Å². The van der Waals surface area contributed by atoms with Crippen molar-refractivity contribution in [1.29, 1.82) is 0 Å². The molecular formula is C45H47N7O4. The topological polar surface area (TPSA) is 136 Å². The Kier molecular flexibility index (Phi) is 10.7. The monoisotopic (exact) mass is 749 g/mol. The van der Waals surface area contributed by atoms with Crippen molar-refractivity contribution in [3.8, 4) is 0 Å². The molecule has 6 aromatic rings. The third kappa shape index (κ3) is 7.66. The van der Waals surface area contributed by atoms with Crippen LogP contribution in [-0.2, 0) is 27.2 Å². The van der Waals surface area contributed by atoms with Crippen LogP contribution in [0.3, 0.4) is 0 Å². The SMILES string of the molecule is COC(=O)N[C@@H](C(=O)N1CCC[C@H]1c1nc2cc(CC=CCc3ccc4[nH]c([C@@H]5CCCN5C(=O)[C@H](C)c5ccccc5)nc4c3)ccc2[nH]1)c1ccccc1. The minimum atomic E-state index is -0.861. The normalized spacial score (nSPS) is 18.2. The molecule has 8 rings (SSSR count). The van der Waals surface area contributed by atoms with Gasteiger partial charge in [-0.25, -0.2) is 14.8 Å². The first-order valence-electron chi connectivity index (χ1n) is 19.5. The lowest BCUT2D eigenvalue weighted by Gasteiger charge is -2.28. The number of carbonyl (C=O) groups excluding carboxylic acids is 3. The fourth-order valence-corrected chi connectivity index (χ4v) is 8.19. The molecule has 11 nitrogen and oxygen atoms in total. The molecule has 11 heteroatoms. The number of methoxy groups -OCH3 is 1. The van der Waals surface area contributed by atoms with Crippen molar-refractivity contribution in [3.63, 3.8) is 0 Å². The number of alkyl carbamates (subject to hydrolysis) is 1. The largest absolute Gasteiger partial charge is 0.453 e. The Morgan fingerprint density at radius 3 is 1.75 bits per heavy atom. The number of allylic oxidation sites excluding steroid dienone is 2. The Morgan fingerprint density at radius 1 is 0.732 bits per heavy atom. The molecule has 2 aliphatic rings. The summed E-state index contributed by atoms with van der Waals surface area (Å²) in [6.07, 6.45) is 8.72. The number of aromatic nitrogens is 4. The number of ether oxygens (including phenoxy) is 1. The molecule has 0 spiro atoms. The van der Waals surface area contributed by atoms with E-state index < -0.39 is 12.1 Å². The summed E-state index contributed by atoms with van der Waals surface area (Å²) < 4.78 is 4.83. The van der Waals surface area contributed by atoms with Gasteiger partial charge in [-0.3, -0.25) is 9.59 Å². The summed E-state index contributed by atoms with van der Waals surface area (Å²) in [5.41, 5.74) is 7.71. The first-order valence-corrected chi connectivity index (χ1v) is 19.5. The van der Waals surface area contributed by atoms with Crippen LogP contribution < -0.4 is 5.32 Å². The van der Waals surface area contributed by atoms with Crippen LogP contribution in [-0.4, -0.2) is 67.8 Å². The zero-order chi connectivity index (χ0) is 38.6. The van der Waals surface area contributed by atoms with Crippen molar-refractivity contribution in [2.45, 2.75) is 69.5 Å². The molecule has 56 heavy (non-hydrogen) atoms. The van der Waals surface area contributed by atoms with E-state index in [2.05, 4.69) is 57.8 Å². The standard InChI is InChI=1S/C45H47N7O4/c1-29(32-15-5-3-6-16-32)43(53)51-25-11-19-38(51)41-46-34-23-21-30(27-36(34)48-41)13-9-10-14-31-22-24-35-37(28-31)49-42(47-35)39-20-12-26-52(39)44(54)40(50-45(55)56-2)33-17-7-4-8-18-33/h3-10,15-18,21-24,27-29,38-40H,11-14,19-20,25-26H2,1-2H3,(H,46,48)(H,47,49)(H,50,55)/t29-,38+,39+,40-/m1/s1. The Labute approximate surface area is 326 Å². The van der Waals surface area contributed by atoms with E-state index in [0.717, 1.165) is 89.9 Å². The highest BCUT2D eigenvalue weighted by Gasteiger charge is 2.37. The number of hydrogen-bond donors (Lipinski definition) is 3. The van der Waals surface area contributed by atoms with E-state index in [1.165, 1.54) is 12.7 Å². The molecule has 2 aromatic heterocycles. The maximum atomic E-state index is 13.9. The third-order valence-corrected chi connectivity index (χ3v) is 11.2. The number of amides is 3. The van der Waals surface area contributed by atoms with E-state index in [-0.39, 0.29) is 29.8 Å². The average Bonchev–Trinajstić information content (AvgIpc) is 4.07. The van der Waals surface area contributed by atoms with E-state index in [1.807, 2.05) is 83.5 Å². The number of H-pyrrole nitrogens is 2. The fraction of sp³-hybridized carbons (Fsp3) is 0.311. The van der Waals surface area contributed by atoms with Gasteiger partial charge in [0, 0.05) is 13.1 Å². The van der Waals surface area contributed by atoms with Gasteiger partial charge >= 0.3 is 6.09 Å². The molecule has 0 unspecified atom stereocenters. The van der Waals surface area contributed by atoms with Crippen LogP contribution in [0.1, 0.15) is 90.6 Å². The molecule has 2 aliphatic heterocycles. The molecule has 3 N–H and O–H groups in total. The number of benzene rings is 4. The number of fused-ring (bicyclic) bond motifs is 2. The van der Waals surface area contributed by atoms with Gasteiger partial charge in [0.1, 0.15) is 17.7 Å². The van der Waals surface area contributed by atoms with Crippen LogP contribution in [0.2, 0.25) is 0 Å². The number of imidazole rings is 2. The molecule has 0 radical (unpaired) electrons. The van der Waals surface area contributed by atoms with Crippen molar-refractivity contribution >= 4 is 40.0 Å². The minimum absolute atomic E-state index is 0.0470. The summed E-state index contributed by atoms with van der Waals surface area (Å²) in [6, 6.07) is 30.7. The second-order valence-electron chi connectivity index (χ2n) is 14.8. The van der Waals surface area contributed by atoms with Gasteiger partial charge in [0.2, 0.25) is 5.91 Å². The lowest BCUT2D eigenvalue weighted by molar-refractivity contribution is -0.135. The van der Waals surface area contributed by atoms with Gasteiger partial charge in [0.15, 0.2) is 0 Å². The molecule has 4 aromatic carbocycles. The number of carbonyl (C=O) groups is 3. The minimum Gasteiger partial charge on any atom is -0.453 e. The van der Waals surface area contributed by atoms with E-state index >= 15 is 0 Å². The Hall–Kier alpha value is -6.23. The summed E-state index contributed by atoms with van der Waals surface area (Å²) in [4.78, 5) is 60.4. The molecule has 0 aliphatic carbocycles. The maximum absolute atomic E-state index is 13.9. The Morgan fingerprint density at radius 2 is 1.23 bits per heavy atom. The van der Waals surface area contributed by atoms with Crippen LogP contribution >= 0.6 is 0 Å². The quantitative estimate of drug-likeness (QED) is 0.115. The smallest absolute Gasteiger partial charge is 0.407 e. The van der Waals surface area contributed by atoms with Crippen molar-refractivity contribution in [3.05, 3.63) is 143 Å².